The minimum Gasteiger partial charge on any atom is -0.360 e. The smallest absolute Gasteiger partial charge is 0.253 e. The van der Waals surface area contributed by atoms with Crippen LogP contribution in [0.25, 0.3) is 0 Å². The number of benzene rings is 1. The first-order valence-corrected chi connectivity index (χ1v) is 9.70. The molecule has 0 atom stereocenters. The molecule has 0 saturated heterocycles. The monoisotopic (exact) mass is 361 g/mol. The van der Waals surface area contributed by atoms with E-state index >= 15 is 0 Å². The zero-order chi connectivity index (χ0) is 16.8. The standard InChI is InChI=1S/C16H19N5OS2/c1-2-9-17-15-18-19-16(24-15)23-11-14(22)21-10-8-13(20-21)12-6-4-3-5-7-12/h3-7H,2,8-11H2,1H3,(H,17,18). The highest BCUT2D eigenvalue weighted by molar-refractivity contribution is 8.01. The number of amides is 1. The molecule has 0 saturated carbocycles. The molecule has 1 aliphatic rings. The number of aromatic nitrogens is 2. The van der Waals surface area contributed by atoms with E-state index in [2.05, 4.69) is 27.5 Å². The summed E-state index contributed by atoms with van der Waals surface area (Å²) in [7, 11) is 0. The Hall–Kier alpha value is -1.93. The molecule has 6 nitrogen and oxygen atoms in total. The Kier molecular flexibility index (Phi) is 5.81. The van der Waals surface area contributed by atoms with Gasteiger partial charge in [0.05, 0.1) is 18.0 Å². The molecule has 8 heteroatoms. The first-order chi connectivity index (χ1) is 11.8. The van der Waals surface area contributed by atoms with Crippen LogP contribution in [0.2, 0.25) is 0 Å². The second-order valence-corrected chi connectivity index (χ2v) is 7.47. The van der Waals surface area contributed by atoms with E-state index in [1.165, 1.54) is 23.1 Å². The van der Waals surface area contributed by atoms with Gasteiger partial charge >= 0.3 is 0 Å². The zero-order valence-electron chi connectivity index (χ0n) is 13.4. The Labute approximate surface area is 149 Å². The molecule has 0 radical (unpaired) electrons. The maximum Gasteiger partial charge on any atom is 0.253 e. The lowest BCUT2D eigenvalue weighted by Crippen LogP contribution is -2.25. The molecule has 1 aliphatic heterocycles. The Morgan fingerprint density at radius 3 is 2.96 bits per heavy atom. The summed E-state index contributed by atoms with van der Waals surface area (Å²) in [6.07, 6.45) is 1.83. The van der Waals surface area contributed by atoms with Crippen molar-refractivity contribution in [1.82, 2.24) is 15.2 Å². The van der Waals surface area contributed by atoms with Crippen molar-refractivity contribution in [2.24, 2.45) is 5.10 Å². The highest BCUT2D eigenvalue weighted by Crippen LogP contribution is 2.26. The summed E-state index contributed by atoms with van der Waals surface area (Å²) >= 11 is 2.89. The lowest BCUT2D eigenvalue weighted by Gasteiger charge is -2.09. The molecule has 2 heterocycles. The van der Waals surface area contributed by atoms with Crippen molar-refractivity contribution in [2.45, 2.75) is 24.1 Å². The third-order valence-corrected chi connectivity index (χ3v) is 5.45. The predicted octanol–water partition coefficient (Wildman–Crippen LogP) is 3.09. The van der Waals surface area contributed by atoms with Gasteiger partial charge in [-0.3, -0.25) is 4.79 Å². The molecule has 0 fully saturated rings. The normalized spacial score (nSPS) is 13.9. The van der Waals surface area contributed by atoms with Gasteiger partial charge in [0.25, 0.3) is 5.91 Å². The molecule has 3 rings (SSSR count). The summed E-state index contributed by atoms with van der Waals surface area (Å²) in [5.74, 6) is 0.331. The van der Waals surface area contributed by atoms with Gasteiger partial charge < -0.3 is 5.32 Å². The van der Waals surface area contributed by atoms with E-state index in [-0.39, 0.29) is 5.91 Å². The summed E-state index contributed by atoms with van der Waals surface area (Å²) in [5.41, 5.74) is 2.05. The average Bonchev–Trinajstić information content (AvgIpc) is 3.28. The van der Waals surface area contributed by atoms with Crippen LogP contribution >= 0.6 is 23.1 Å². The fourth-order valence-corrected chi connectivity index (χ4v) is 3.89. The average molecular weight is 361 g/mol. The Morgan fingerprint density at radius 1 is 1.33 bits per heavy atom. The van der Waals surface area contributed by atoms with Crippen molar-refractivity contribution < 1.29 is 4.79 Å². The van der Waals surface area contributed by atoms with E-state index in [1.807, 2.05) is 30.3 Å². The molecule has 1 aromatic carbocycles. The number of rotatable bonds is 7. The van der Waals surface area contributed by atoms with E-state index in [1.54, 1.807) is 5.01 Å². The molecule has 1 aromatic heterocycles. The maximum atomic E-state index is 12.3. The molecule has 2 aromatic rings. The number of carbonyl (C=O) groups excluding carboxylic acids is 1. The van der Waals surface area contributed by atoms with Crippen molar-refractivity contribution in [1.29, 1.82) is 0 Å². The number of thioether (sulfide) groups is 1. The van der Waals surface area contributed by atoms with Crippen molar-refractivity contribution in [3.05, 3.63) is 35.9 Å². The van der Waals surface area contributed by atoms with Crippen molar-refractivity contribution in [3.8, 4) is 0 Å². The van der Waals surface area contributed by atoms with Gasteiger partial charge in [-0.05, 0) is 12.0 Å². The molecule has 0 unspecified atom stereocenters. The number of nitrogens with zero attached hydrogens (tertiary/aromatic N) is 4. The fraction of sp³-hybridized carbons (Fsp3) is 0.375. The second-order valence-electron chi connectivity index (χ2n) is 5.27. The van der Waals surface area contributed by atoms with Crippen LogP contribution in [0.5, 0.6) is 0 Å². The van der Waals surface area contributed by atoms with Crippen LogP contribution in [-0.4, -0.2) is 45.7 Å². The summed E-state index contributed by atoms with van der Waals surface area (Å²) in [4.78, 5) is 12.3. The number of hydrazone groups is 1. The first-order valence-electron chi connectivity index (χ1n) is 7.89. The molecule has 1 N–H and O–H groups in total. The largest absolute Gasteiger partial charge is 0.360 e. The van der Waals surface area contributed by atoms with Crippen LogP contribution in [0, 0.1) is 0 Å². The van der Waals surface area contributed by atoms with Crippen LogP contribution in [0.1, 0.15) is 25.3 Å². The van der Waals surface area contributed by atoms with Crippen LogP contribution in [0.4, 0.5) is 5.13 Å². The lowest BCUT2D eigenvalue weighted by atomic mass is 10.1. The Balaban J connectivity index is 1.52. The lowest BCUT2D eigenvalue weighted by molar-refractivity contribution is -0.127. The summed E-state index contributed by atoms with van der Waals surface area (Å²) in [6, 6.07) is 9.99. The number of carbonyl (C=O) groups is 1. The predicted molar refractivity (Wildman–Crippen MR) is 98.7 cm³/mol. The van der Waals surface area contributed by atoms with Gasteiger partial charge in [0.2, 0.25) is 5.13 Å². The van der Waals surface area contributed by atoms with Crippen LogP contribution in [0.15, 0.2) is 39.8 Å². The van der Waals surface area contributed by atoms with E-state index in [9.17, 15) is 4.79 Å². The first kappa shape index (κ1) is 16.9. The third kappa shape index (κ3) is 4.33. The van der Waals surface area contributed by atoms with Gasteiger partial charge in [-0.25, -0.2) is 5.01 Å². The van der Waals surface area contributed by atoms with Gasteiger partial charge in [-0.2, -0.15) is 5.10 Å². The highest BCUT2D eigenvalue weighted by atomic mass is 32.2. The molecule has 0 spiro atoms. The third-order valence-electron chi connectivity index (χ3n) is 3.45. The number of hydrogen-bond acceptors (Lipinski definition) is 7. The molecule has 1 amide bonds. The van der Waals surface area contributed by atoms with E-state index in [0.717, 1.165) is 40.1 Å². The van der Waals surface area contributed by atoms with Crippen LogP contribution in [-0.2, 0) is 4.79 Å². The maximum absolute atomic E-state index is 12.3. The molecular formula is C16H19N5OS2. The Morgan fingerprint density at radius 2 is 2.17 bits per heavy atom. The number of hydrogen-bond donors (Lipinski definition) is 1. The van der Waals surface area contributed by atoms with Gasteiger partial charge in [0, 0.05) is 13.0 Å². The summed E-state index contributed by atoms with van der Waals surface area (Å²) in [5, 5.41) is 18.2. The fourth-order valence-electron chi connectivity index (χ4n) is 2.24. The van der Waals surface area contributed by atoms with Crippen molar-refractivity contribution >= 4 is 39.8 Å². The van der Waals surface area contributed by atoms with E-state index < -0.39 is 0 Å². The van der Waals surface area contributed by atoms with E-state index in [0.29, 0.717) is 12.3 Å². The molecular weight excluding hydrogens is 342 g/mol. The molecule has 0 aliphatic carbocycles. The SMILES string of the molecule is CCCNc1nnc(SCC(=O)N2CCC(c3ccccc3)=N2)s1. The van der Waals surface area contributed by atoms with Gasteiger partial charge in [-0.1, -0.05) is 60.4 Å². The van der Waals surface area contributed by atoms with Gasteiger partial charge in [-0.15, -0.1) is 10.2 Å². The number of anilines is 1. The molecule has 0 bridgehead atoms. The topological polar surface area (TPSA) is 70.5 Å². The quantitative estimate of drug-likeness (QED) is 0.768. The van der Waals surface area contributed by atoms with Gasteiger partial charge in [0.15, 0.2) is 4.34 Å². The van der Waals surface area contributed by atoms with Crippen LogP contribution < -0.4 is 5.32 Å². The Bertz CT molecular complexity index is 716. The minimum absolute atomic E-state index is 0.00389. The molecule has 24 heavy (non-hydrogen) atoms. The van der Waals surface area contributed by atoms with E-state index in [4.69, 9.17) is 0 Å². The second kappa shape index (κ2) is 8.25. The summed E-state index contributed by atoms with van der Waals surface area (Å²) < 4.78 is 0.799. The zero-order valence-corrected chi connectivity index (χ0v) is 15.1. The minimum atomic E-state index is 0.00389. The van der Waals surface area contributed by atoms with Crippen molar-refractivity contribution in [2.75, 3.05) is 24.2 Å². The van der Waals surface area contributed by atoms with Crippen molar-refractivity contribution in [3.63, 3.8) is 0 Å². The highest BCUT2D eigenvalue weighted by Gasteiger charge is 2.21. The van der Waals surface area contributed by atoms with Gasteiger partial charge in [0.1, 0.15) is 0 Å². The van der Waals surface area contributed by atoms with Crippen LogP contribution in [0.3, 0.4) is 0 Å². The number of nitrogens with one attached hydrogen (secondary N) is 1. The molecule has 126 valence electrons. The summed E-state index contributed by atoms with van der Waals surface area (Å²) in [6.45, 7) is 3.62.